The van der Waals surface area contributed by atoms with Crippen molar-refractivity contribution in [2.75, 3.05) is 14.2 Å². The molecule has 0 aliphatic carbocycles. The van der Waals surface area contributed by atoms with E-state index in [1.165, 1.54) is 14.2 Å². The molecule has 1 aromatic carbocycles. The topological polar surface area (TPSA) is 44.5 Å². The third kappa shape index (κ3) is 2.04. The Morgan fingerprint density at radius 2 is 1.80 bits per heavy atom. The first-order chi connectivity index (χ1) is 7.02. The number of rotatable bonds is 3. The average Bonchev–Trinajstić information content (AvgIpc) is 2.17. The summed E-state index contributed by atoms with van der Waals surface area (Å²) in [5, 5.41) is 0. The minimum absolute atomic E-state index is 0.160. The molecule has 0 fully saturated rings. The van der Waals surface area contributed by atoms with Crippen LogP contribution < -0.4 is 15.2 Å². The third-order valence-electron chi connectivity index (χ3n) is 2.29. The summed E-state index contributed by atoms with van der Waals surface area (Å²) in [5.41, 5.74) is 7.09. The second kappa shape index (κ2) is 4.49. The van der Waals surface area contributed by atoms with Crippen molar-refractivity contribution in [3.8, 4) is 11.5 Å². The van der Waals surface area contributed by atoms with E-state index in [0.717, 1.165) is 0 Å². The zero-order valence-electron chi connectivity index (χ0n) is 9.43. The maximum absolute atomic E-state index is 13.8. The maximum Gasteiger partial charge on any atom is 0.207 e. The maximum atomic E-state index is 13.8. The summed E-state index contributed by atoms with van der Waals surface area (Å²) in [6, 6.07) is 1.50. The Morgan fingerprint density at radius 1 is 1.27 bits per heavy atom. The highest BCUT2D eigenvalue weighted by Crippen LogP contribution is 2.35. The van der Waals surface area contributed by atoms with E-state index >= 15 is 0 Å². The number of benzene rings is 1. The predicted molar refractivity (Wildman–Crippen MR) is 56.8 cm³/mol. The van der Waals surface area contributed by atoms with Crippen molar-refractivity contribution in [1.82, 2.24) is 0 Å². The van der Waals surface area contributed by atoms with Crippen LogP contribution in [0.2, 0.25) is 0 Å². The minimum Gasteiger partial charge on any atom is -0.493 e. The van der Waals surface area contributed by atoms with Crippen LogP contribution >= 0.6 is 0 Å². The summed E-state index contributed by atoms with van der Waals surface area (Å²) in [6.07, 6.45) is 0. The van der Waals surface area contributed by atoms with Crippen LogP contribution in [0.5, 0.6) is 11.5 Å². The summed E-state index contributed by atoms with van der Waals surface area (Å²) in [4.78, 5) is 0. The van der Waals surface area contributed by atoms with Gasteiger partial charge >= 0.3 is 0 Å². The van der Waals surface area contributed by atoms with Gasteiger partial charge < -0.3 is 15.2 Å². The van der Waals surface area contributed by atoms with Gasteiger partial charge in [0.2, 0.25) is 5.82 Å². The van der Waals surface area contributed by atoms with Crippen LogP contribution in [-0.4, -0.2) is 14.2 Å². The summed E-state index contributed by atoms with van der Waals surface area (Å²) >= 11 is 0. The van der Waals surface area contributed by atoms with E-state index in [-0.39, 0.29) is 17.5 Å². The second-order valence-corrected chi connectivity index (χ2v) is 3.45. The Kier molecular flexibility index (Phi) is 3.52. The molecule has 0 heterocycles. The van der Waals surface area contributed by atoms with Gasteiger partial charge in [-0.3, -0.25) is 0 Å². The first kappa shape index (κ1) is 11.8. The molecule has 0 aliphatic rings. The lowest BCUT2D eigenvalue weighted by Gasteiger charge is -2.16. The molecule has 0 spiro atoms. The van der Waals surface area contributed by atoms with Gasteiger partial charge in [0.15, 0.2) is 11.5 Å². The molecule has 0 amide bonds. The number of hydrogen-bond donors (Lipinski definition) is 1. The normalized spacial score (nSPS) is 12.4. The first-order valence-corrected chi connectivity index (χ1v) is 4.69. The van der Waals surface area contributed by atoms with E-state index in [1.807, 2.05) is 0 Å². The molecular weight excluding hydrogens is 197 g/mol. The van der Waals surface area contributed by atoms with Crippen LogP contribution in [0.1, 0.15) is 24.1 Å². The van der Waals surface area contributed by atoms with Crippen LogP contribution in [0.15, 0.2) is 6.07 Å². The highest BCUT2D eigenvalue weighted by molar-refractivity contribution is 5.48. The first-order valence-electron chi connectivity index (χ1n) is 4.69. The molecule has 0 saturated heterocycles. The summed E-state index contributed by atoms with van der Waals surface area (Å²) < 4.78 is 23.8. The third-order valence-corrected chi connectivity index (χ3v) is 2.29. The van der Waals surface area contributed by atoms with Crippen molar-refractivity contribution in [3.05, 3.63) is 23.0 Å². The molecule has 0 aliphatic heterocycles. The molecule has 84 valence electrons. The molecule has 15 heavy (non-hydrogen) atoms. The predicted octanol–water partition coefficient (Wildman–Crippen LogP) is 2.17. The molecule has 1 unspecified atom stereocenters. The zero-order valence-corrected chi connectivity index (χ0v) is 9.43. The summed E-state index contributed by atoms with van der Waals surface area (Å²) in [7, 11) is 2.84. The molecule has 2 N–H and O–H groups in total. The molecular formula is C11H16FNO2. The van der Waals surface area contributed by atoms with Crippen LogP contribution in [0.4, 0.5) is 4.39 Å². The molecule has 1 atom stereocenters. The second-order valence-electron chi connectivity index (χ2n) is 3.45. The van der Waals surface area contributed by atoms with Gasteiger partial charge in [-0.05, 0) is 25.5 Å². The van der Waals surface area contributed by atoms with Gasteiger partial charge in [-0.15, -0.1) is 0 Å². The number of hydrogen-bond acceptors (Lipinski definition) is 3. The lowest BCUT2D eigenvalue weighted by Crippen LogP contribution is -2.09. The number of nitrogens with two attached hydrogens (primary N) is 1. The van der Waals surface area contributed by atoms with Gasteiger partial charge in [0.25, 0.3) is 0 Å². The van der Waals surface area contributed by atoms with E-state index in [1.54, 1.807) is 19.9 Å². The highest BCUT2D eigenvalue weighted by Gasteiger charge is 2.19. The summed E-state index contributed by atoms with van der Waals surface area (Å²) in [6.45, 7) is 3.55. The van der Waals surface area contributed by atoms with Gasteiger partial charge in [-0.25, -0.2) is 0 Å². The van der Waals surface area contributed by atoms with Crippen molar-refractivity contribution in [2.24, 2.45) is 5.73 Å². The Morgan fingerprint density at radius 3 is 2.20 bits per heavy atom. The Hall–Kier alpha value is -1.29. The molecule has 1 aromatic rings. The van der Waals surface area contributed by atoms with Crippen LogP contribution in [0.3, 0.4) is 0 Å². The standard InChI is InChI=1S/C11H16FNO2/c1-6-5-8(7(2)13)11(15-4)9(12)10(6)14-3/h5,7H,13H2,1-4H3. The number of aryl methyl sites for hydroxylation is 1. The largest absolute Gasteiger partial charge is 0.493 e. The van der Waals surface area contributed by atoms with E-state index in [0.29, 0.717) is 11.1 Å². The summed E-state index contributed by atoms with van der Waals surface area (Å²) in [5.74, 6) is -0.129. The Balaban J connectivity index is 3.44. The van der Waals surface area contributed by atoms with Crippen LogP contribution in [0.25, 0.3) is 0 Å². The van der Waals surface area contributed by atoms with Crippen molar-refractivity contribution in [3.63, 3.8) is 0 Å². The van der Waals surface area contributed by atoms with E-state index < -0.39 is 5.82 Å². The van der Waals surface area contributed by atoms with Crippen molar-refractivity contribution in [2.45, 2.75) is 19.9 Å². The van der Waals surface area contributed by atoms with Gasteiger partial charge in [0, 0.05) is 11.6 Å². The minimum atomic E-state index is -0.493. The fourth-order valence-corrected chi connectivity index (χ4v) is 1.56. The molecule has 0 radical (unpaired) electrons. The smallest absolute Gasteiger partial charge is 0.207 e. The zero-order chi connectivity index (χ0) is 11.6. The van der Waals surface area contributed by atoms with Gasteiger partial charge in [-0.2, -0.15) is 4.39 Å². The fourth-order valence-electron chi connectivity index (χ4n) is 1.56. The van der Waals surface area contributed by atoms with Gasteiger partial charge in [0.1, 0.15) is 0 Å². The SMILES string of the molecule is COc1c(C)cc(C(C)N)c(OC)c1F. The van der Waals surface area contributed by atoms with Gasteiger partial charge in [-0.1, -0.05) is 0 Å². The molecule has 0 saturated carbocycles. The van der Waals surface area contributed by atoms with Crippen molar-refractivity contribution in [1.29, 1.82) is 0 Å². The monoisotopic (exact) mass is 213 g/mol. The number of halogens is 1. The number of methoxy groups -OCH3 is 2. The van der Waals surface area contributed by atoms with E-state index in [9.17, 15) is 4.39 Å². The molecule has 1 rings (SSSR count). The molecule has 4 heteroatoms. The van der Waals surface area contributed by atoms with Crippen molar-refractivity contribution >= 4 is 0 Å². The average molecular weight is 213 g/mol. The fraction of sp³-hybridized carbons (Fsp3) is 0.455. The van der Waals surface area contributed by atoms with Crippen LogP contribution in [0, 0.1) is 12.7 Å². The Bertz CT molecular complexity index is 364. The van der Waals surface area contributed by atoms with Crippen LogP contribution in [-0.2, 0) is 0 Å². The Labute approximate surface area is 89.0 Å². The van der Waals surface area contributed by atoms with E-state index in [4.69, 9.17) is 15.2 Å². The molecule has 0 aromatic heterocycles. The highest BCUT2D eigenvalue weighted by atomic mass is 19.1. The lowest BCUT2D eigenvalue weighted by atomic mass is 10.0. The number of ether oxygens (including phenoxy) is 2. The van der Waals surface area contributed by atoms with Gasteiger partial charge in [0.05, 0.1) is 14.2 Å². The molecule has 3 nitrogen and oxygen atoms in total. The quantitative estimate of drug-likeness (QED) is 0.836. The molecule has 0 bridgehead atoms. The van der Waals surface area contributed by atoms with E-state index in [2.05, 4.69) is 0 Å². The van der Waals surface area contributed by atoms with Crippen molar-refractivity contribution < 1.29 is 13.9 Å². The lowest BCUT2D eigenvalue weighted by molar-refractivity contribution is 0.344.